The number of hydrogen-bond donors (Lipinski definition) is 6. The number of nitrogens with one attached hydrogen (secondary N) is 5. The molecule has 86 heavy (non-hydrogen) atoms. The van der Waals surface area contributed by atoms with Crippen LogP contribution in [0.2, 0.25) is 0 Å². The van der Waals surface area contributed by atoms with E-state index in [9.17, 15) is 47.0 Å². The number of aliphatic hydroxyl groups is 1. The lowest BCUT2D eigenvalue weighted by atomic mass is 9.85. The lowest BCUT2D eigenvalue weighted by Crippen LogP contribution is -2.57. The maximum atomic E-state index is 14.1. The third-order valence-corrected chi connectivity index (χ3v) is 17.4. The summed E-state index contributed by atoms with van der Waals surface area (Å²) in [7, 11) is 2.02. The highest BCUT2D eigenvalue weighted by Crippen LogP contribution is 2.36. The predicted octanol–water partition coefficient (Wildman–Crippen LogP) is 8.05. The molecule has 0 aliphatic carbocycles. The molecule has 3 aromatic carbocycles. The number of hydrogen-bond acceptors (Lipinski definition) is 13. The molecule has 3 atom stereocenters. The first-order chi connectivity index (χ1) is 41.1. The second-order valence-corrected chi connectivity index (χ2v) is 25.0. The van der Waals surface area contributed by atoms with Crippen LogP contribution in [0, 0.1) is 12.3 Å². The van der Waals surface area contributed by atoms with Gasteiger partial charge in [-0.2, -0.15) is 13.2 Å². The average Bonchev–Trinajstić information content (AvgIpc) is 3.83. The molecule has 22 heteroatoms. The highest BCUT2D eigenvalue weighted by molar-refractivity contribution is 7.13. The van der Waals surface area contributed by atoms with Gasteiger partial charge in [-0.25, -0.2) is 4.98 Å². The number of rotatable bonds is 25. The second-order valence-electron chi connectivity index (χ2n) is 24.2. The number of benzene rings is 3. The monoisotopic (exact) mass is 1210 g/mol. The molecule has 2 aromatic heterocycles. The van der Waals surface area contributed by atoms with Gasteiger partial charge in [-0.1, -0.05) is 101 Å². The van der Waals surface area contributed by atoms with E-state index in [1.165, 1.54) is 4.90 Å². The molecule has 3 saturated heterocycles. The highest BCUT2D eigenvalue weighted by Gasteiger charge is 2.44. The maximum Gasteiger partial charge on any atom is 0.417 e. The van der Waals surface area contributed by atoms with E-state index >= 15 is 0 Å². The first-order valence-electron chi connectivity index (χ1n) is 30.1. The van der Waals surface area contributed by atoms with Gasteiger partial charge in [0.05, 0.1) is 44.7 Å². The first-order valence-corrected chi connectivity index (χ1v) is 31.0. The molecule has 0 spiro atoms. The van der Waals surface area contributed by atoms with Gasteiger partial charge in [0.15, 0.2) is 0 Å². The van der Waals surface area contributed by atoms with Crippen LogP contribution in [-0.2, 0) is 38.4 Å². The van der Waals surface area contributed by atoms with Crippen LogP contribution in [0.1, 0.15) is 118 Å². The molecule has 3 fully saturated rings. The quantitative estimate of drug-likeness (QED) is 0.0306. The van der Waals surface area contributed by atoms with Gasteiger partial charge < -0.3 is 46.1 Å². The predicted molar refractivity (Wildman–Crippen MR) is 330 cm³/mol. The SMILES string of the molecule is Cc1ncsc1-c1ccc(CNC(=O)[C@@H]2C[C@H](O)CN2C(=O)[C@@H](NC(=O)CCCCCCCCCC(=O)NCCN2CCN(Cc3cccc(-c4ccc(N5CCN(C)CC5)c(NC(=O)c5c[nH]c(=O)cc5C(F)(F)F)c4)c3)CC2)C(C)(C)C)cc1. The number of β-amino-alcohol motifs (C(OH)–C–C–N with tert-alkyl or cyclic N) is 1. The van der Waals surface area contributed by atoms with Crippen molar-refractivity contribution in [1.29, 1.82) is 0 Å². The van der Waals surface area contributed by atoms with E-state index in [1.807, 2.05) is 88.8 Å². The highest BCUT2D eigenvalue weighted by atomic mass is 32.1. The van der Waals surface area contributed by atoms with Crippen LogP contribution in [-0.4, -0.2) is 161 Å². The van der Waals surface area contributed by atoms with Crippen LogP contribution < -0.4 is 31.7 Å². The Kier molecular flexibility index (Phi) is 22.7. The van der Waals surface area contributed by atoms with Crippen LogP contribution in [0.5, 0.6) is 0 Å². The van der Waals surface area contributed by atoms with E-state index in [2.05, 4.69) is 63.0 Å². The number of unbranched alkanes of at least 4 members (excludes halogenated alkanes) is 6. The van der Waals surface area contributed by atoms with Crippen LogP contribution in [0.3, 0.4) is 0 Å². The van der Waals surface area contributed by atoms with E-state index in [0.29, 0.717) is 49.9 Å². The third kappa shape index (κ3) is 18.3. The summed E-state index contributed by atoms with van der Waals surface area (Å²) in [6.07, 6.45) is 2.14. The van der Waals surface area contributed by atoms with E-state index < -0.39 is 52.4 Å². The summed E-state index contributed by atoms with van der Waals surface area (Å²) in [5.74, 6) is -1.88. The fraction of sp³-hybridized carbons (Fsp3) is 0.516. The number of carbonyl (C=O) groups excluding carboxylic acids is 5. The molecular formula is C64H84F3N11O7S. The summed E-state index contributed by atoms with van der Waals surface area (Å²) >= 11 is 1.57. The molecule has 3 aliphatic rings. The fourth-order valence-electron chi connectivity index (χ4n) is 11.4. The molecule has 6 N–H and O–H groups in total. The number of piperazine rings is 2. The molecule has 5 heterocycles. The number of aliphatic hydroxyl groups excluding tert-OH is 1. The van der Waals surface area contributed by atoms with Crippen molar-refractivity contribution in [1.82, 2.24) is 45.5 Å². The fourth-order valence-corrected chi connectivity index (χ4v) is 12.2. The first kappa shape index (κ1) is 65.0. The summed E-state index contributed by atoms with van der Waals surface area (Å²) in [4.78, 5) is 97.0. The van der Waals surface area contributed by atoms with Crippen molar-refractivity contribution in [2.24, 2.45) is 5.41 Å². The Morgan fingerprint density at radius 3 is 2.08 bits per heavy atom. The summed E-state index contributed by atoms with van der Waals surface area (Å²) in [6.45, 7) is 16.3. The van der Waals surface area contributed by atoms with E-state index in [-0.39, 0.29) is 49.6 Å². The van der Waals surface area contributed by atoms with Crippen molar-refractivity contribution < 1.29 is 42.3 Å². The van der Waals surface area contributed by atoms with Gasteiger partial charge in [0, 0.05) is 117 Å². The molecule has 0 bridgehead atoms. The minimum atomic E-state index is -4.90. The Morgan fingerprint density at radius 2 is 1.42 bits per heavy atom. The topological polar surface area (TPSA) is 216 Å². The van der Waals surface area contributed by atoms with E-state index in [4.69, 9.17) is 0 Å². The molecule has 5 amide bonds. The van der Waals surface area contributed by atoms with Crippen molar-refractivity contribution in [2.75, 3.05) is 89.3 Å². The second kappa shape index (κ2) is 30.1. The number of halogens is 3. The van der Waals surface area contributed by atoms with Gasteiger partial charge in [-0.15, -0.1) is 11.3 Å². The van der Waals surface area contributed by atoms with Crippen molar-refractivity contribution in [2.45, 2.75) is 129 Å². The zero-order valence-electron chi connectivity index (χ0n) is 50.2. The number of alkyl halides is 3. The van der Waals surface area contributed by atoms with E-state index in [0.717, 1.165) is 135 Å². The van der Waals surface area contributed by atoms with Crippen molar-refractivity contribution >= 4 is 52.2 Å². The minimum absolute atomic E-state index is 0.0123. The summed E-state index contributed by atoms with van der Waals surface area (Å²) < 4.78 is 41.9. The molecular weight excluding hydrogens is 1120 g/mol. The molecule has 0 radical (unpaired) electrons. The minimum Gasteiger partial charge on any atom is -0.391 e. The molecule has 8 rings (SSSR count). The number of carbonyl (C=O) groups is 5. The summed E-state index contributed by atoms with van der Waals surface area (Å²) in [5, 5.41) is 22.4. The maximum absolute atomic E-state index is 14.1. The third-order valence-electron chi connectivity index (χ3n) is 16.5. The zero-order valence-corrected chi connectivity index (χ0v) is 51.0. The Bertz CT molecular complexity index is 3170. The van der Waals surface area contributed by atoms with Gasteiger partial charge in [-0.05, 0) is 78.2 Å². The number of aromatic nitrogens is 2. The number of anilines is 2. The van der Waals surface area contributed by atoms with Gasteiger partial charge in [0.1, 0.15) is 12.1 Å². The van der Waals surface area contributed by atoms with Gasteiger partial charge >= 0.3 is 6.18 Å². The number of thiazole rings is 1. The van der Waals surface area contributed by atoms with E-state index in [1.54, 1.807) is 17.4 Å². The number of aryl methyl sites for hydroxylation is 1. The number of amides is 5. The molecule has 0 unspecified atom stereocenters. The molecule has 18 nitrogen and oxygen atoms in total. The number of nitrogens with zero attached hydrogens (tertiary/aromatic N) is 6. The number of H-pyrrole nitrogens is 1. The standard InChI is InChI=1S/C64H84F3N11O7S/c1-43-58(86-42-71-43)46-20-18-44(19-21-46)38-70-61(84)54-36-49(79)41-78(54)62(85)59(63(2,3)4)73-56(81)17-12-10-8-6-7-9-11-16-55(80)68-24-25-75-28-30-76(31-29-75)40-45-14-13-15-47(34-45)48-22-23-53(77-32-26-74(5)27-33-77)52(35-48)72-60(83)50-39-69-57(82)37-51(50)64(65,66)67/h13-15,18-23,34-35,37,39,42,49,54,59,79H,6-12,16-17,24-33,36,38,40-41H2,1-5H3,(H,68,80)(H,69,82)(H,70,84)(H,72,83)(H,73,81)/t49-,54-,59+/m0/s1. The lowest BCUT2D eigenvalue weighted by Gasteiger charge is -2.35. The van der Waals surface area contributed by atoms with Gasteiger partial charge in [0.25, 0.3) is 5.91 Å². The smallest absolute Gasteiger partial charge is 0.391 e. The van der Waals surface area contributed by atoms with Crippen LogP contribution in [0.15, 0.2) is 89.3 Å². The van der Waals surface area contributed by atoms with Crippen LogP contribution in [0.25, 0.3) is 21.6 Å². The van der Waals surface area contributed by atoms with Crippen molar-refractivity contribution in [3.63, 3.8) is 0 Å². The van der Waals surface area contributed by atoms with Gasteiger partial charge in [0.2, 0.25) is 29.2 Å². The number of pyridine rings is 1. The number of likely N-dealkylation sites (tertiary alicyclic amines) is 1. The zero-order chi connectivity index (χ0) is 61.5. The Balaban J connectivity index is 0.691. The molecule has 464 valence electrons. The summed E-state index contributed by atoms with van der Waals surface area (Å²) in [6, 6.07) is 20.3. The number of likely N-dealkylation sites (N-methyl/N-ethyl adjacent to an activating group) is 1. The summed E-state index contributed by atoms with van der Waals surface area (Å²) in [5.41, 5.74) is 5.01. The molecule has 0 saturated carbocycles. The van der Waals surface area contributed by atoms with Crippen molar-refractivity contribution in [3.05, 3.63) is 123 Å². The van der Waals surface area contributed by atoms with Crippen LogP contribution in [0.4, 0.5) is 24.5 Å². The largest absolute Gasteiger partial charge is 0.417 e. The normalized spacial score (nSPS) is 17.5. The average molecular weight is 1210 g/mol. The Labute approximate surface area is 506 Å². The van der Waals surface area contributed by atoms with Crippen LogP contribution >= 0.6 is 11.3 Å². The molecule has 5 aromatic rings. The van der Waals surface area contributed by atoms with Gasteiger partial charge in [-0.3, -0.25) is 38.6 Å². The molecule has 3 aliphatic heterocycles. The Morgan fingerprint density at radius 1 is 0.767 bits per heavy atom. The Hall–Kier alpha value is -6.98. The lowest BCUT2D eigenvalue weighted by molar-refractivity contribution is -0.144. The van der Waals surface area contributed by atoms with Crippen molar-refractivity contribution in [3.8, 4) is 21.6 Å². The number of aromatic amines is 1.